The molecule has 3 nitrogen and oxygen atoms in total. The van der Waals surface area contributed by atoms with Gasteiger partial charge in [0.1, 0.15) is 11.6 Å². The molecule has 2 heterocycles. The molecule has 0 radical (unpaired) electrons. The number of aromatic nitrogens is 2. The molecule has 1 atom stereocenters. The van der Waals surface area contributed by atoms with Gasteiger partial charge in [0.2, 0.25) is 0 Å². The first-order chi connectivity index (χ1) is 11.1. The quantitative estimate of drug-likeness (QED) is 0.767. The van der Waals surface area contributed by atoms with Gasteiger partial charge in [-0.2, -0.15) is 0 Å². The van der Waals surface area contributed by atoms with Gasteiger partial charge >= 0.3 is 0 Å². The minimum atomic E-state index is -0.271. The Labute approximate surface area is 139 Å². The fourth-order valence-electron chi connectivity index (χ4n) is 3.36. The van der Waals surface area contributed by atoms with E-state index in [1.807, 2.05) is 19.1 Å². The van der Waals surface area contributed by atoms with Crippen LogP contribution in [0.5, 0.6) is 0 Å². The highest BCUT2D eigenvalue weighted by Crippen LogP contribution is 2.33. The van der Waals surface area contributed by atoms with Crippen LogP contribution in [0.1, 0.15) is 29.8 Å². The molecule has 3 aromatic rings. The second-order valence-corrected chi connectivity index (χ2v) is 6.40. The van der Waals surface area contributed by atoms with Gasteiger partial charge < -0.3 is 9.88 Å². The molecule has 23 heavy (non-hydrogen) atoms. The van der Waals surface area contributed by atoms with Crippen LogP contribution >= 0.6 is 11.6 Å². The third kappa shape index (κ3) is 2.42. The van der Waals surface area contributed by atoms with Gasteiger partial charge in [-0.1, -0.05) is 36.7 Å². The lowest BCUT2D eigenvalue weighted by molar-refractivity contribution is 0.514. The second kappa shape index (κ2) is 5.62. The van der Waals surface area contributed by atoms with Crippen LogP contribution in [0.2, 0.25) is 5.02 Å². The van der Waals surface area contributed by atoms with Crippen LogP contribution in [0, 0.1) is 5.82 Å². The van der Waals surface area contributed by atoms with E-state index in [0.717, 1.165) is 42.1 Å². The smallest absolute Gasteiger partial charge is 0.128 e. The van der Waals surface area contributed by atoms with Gasteiger partial charge in [-0.05, 0) is 29.3 Å². The molecule has 0 saturated heterocycles. The summed E-state index contributed by atoms with van der Waals surface area (Å²) in [4.78, 5) is 4.80. The molecule has 1 N–H and O–H groups in total. The van der Waals surface area contributed by atoms with Crippen molar-refractivity contribution in [3.05, 3.63) is 64.2 Å². The van der Waals surface area contributed by atoms with Gasteiger partial charge in [0.25, 0.3) is 0 Å². The van der Waals surface area contributed by atoms with E-state index in [2.05, 4.69) is 16.0 Å². The highest BCUT2D eigenvalue weighted by molar-refractivity contribution is 6.30. The largest absolute Gasteiger partial charge is 0.326 e. The lowest BCUT2D eigenvalue weighted by atomic mass is 9.92. The van der Waals surface area contributed by atoms with Crippen LogP contribution < -0.4 is 5.32 Å². The van der Waals surface area contributed by atoms with Crippen LogP contribution in [0.25, 0.3) is 11.0 Å². The molecule has 0 saturated carbocycles. The fraction of sp³-hybridized carbons (Fsp3) is 0.278. The van der Waals surface area contributed by atoms with Crippen LogP contribution in [-0.4, -0.2) is 16.1 Å². The van der Waals surface area contributed by atoms with Crippen molar-refractivity contribution in [2.24, 2.45) is 0 Å². The number of nitrogens with zero attached hydrogens (tertiary/aromatic N) is 2. The van der Waals surface area contributed by atoms with E-state index in [1.165, 1.54) is 6.07 Å². The van der Waals surface area contributed by atoms with Crippen molar-refractivity contribution < 1.29 is 4.39 Å². The Bertz CT molecular complexity index is 887. The molecule has 4 rings (SSSR count). The summed E-state index contributed by atoms with van der Waals surface area (Å²) >= 11 is 5.87. The van der Waals surface area contributed by atoms with E-state index in [0.29, 0.717) is 10.6 Å². The number of nitrogens with one attached hydrogen (secondary N) is 1. The van der Waals surface area contributed by atoms with Crippen LogP contribution in [-0.2, 0) is 13.1 Å². The van der Waals surface area contributed by atoms with Crippen molar-refractivity contribution in [2.45, 2.75) is 25.9 Å². The van der Waals surface area contributed by atoms with Crippen LogP contribution in [0.4, 0.5) is 4.39 Å². The molecule has 1 aliphatic rings. The average molecular weight is 330 g/mol. The van der Waals surface area contributed by atoms with Gasteiger partial charge in [0.15, 0.2) is 0 Å². The SMILES string of the molecule is CC(c1ccc(Cl)cc1F)c1cccc2c1nc1n2CCNC1. The molecule has 2 aromatic carbocycles. The van der Waals surface area contributed by atoms with Crippen molar-refractivity contribution in [1.29, 1.82) is 0 Å². The molecule has 0 aliphatic carbocycles. The van der Waals surface area contributed by atoms with Gasteiger partial charge in [0, 0.05) is 24.0 Å². The topological polar surface area (TPSA) is 29.9 Å². The van der Waals surface area contributed by atoms with Crippen LogP contribution in [0.15, 0.2) is 36.4 Å². The third-order valence-electron chi connectivity index (χ3n) is 4.58. The molecule has 118 valence electrons. The predicted octanol–water partition coefficient (Wildman–Crippen LogP) is 4.08. The zero-order valence-corrected chi connectivity index (χ0v) is 13.6. The predicted molar refractivity (Wildman–Crippen MR) is 90.4 cm³/mol. The summed E-state index contributed by atoms with van der Waals surface area (Å²) in [5.41, 5.74) is 3.78. The lowest BCUT2D eigenvalue weighted by Crippen LogP contribution is -2.28. The van der Waals surface area contributed by atoms with E-state index in [-0.39, 0.29) is 11.7 Å². The lowest BCUT2D eigenvalue weighted by Gasteiger charge is -2.16. The number of hydrogen-bond acceptors (Lipinski definition) is 2. The Morgan fingerprint density at radius 2 is 2.13 bits per heavy atom. The maximum Gasteiger partial charge on any atom is 0.128 e. The first kappa shape index (κ1) is 14.7. The molecule has 5 heteroatoms. The van der Waals surface area contributed by atoms with Crippen molar-refractivity contribution in [3.63, 3.8) is 0 Å². The van der Waals surface area contributed by atoms with Gasteiger partial charge in [-0.25, -0.2) is 9.37 Å². The average Bonchev–Trinajstić information content (AvgIpc) is 2.93. The molecule has 1 aliphatic heterocycles. The number of halogens is 2. The van der Waals surface area contributed by atoms with Gasteiger partial charge in [-0.15, -0.1) is 0 Å². The number of hydrogen-bond donors (Lipinski definition) is 1. The Morgan fingerprint density at radius 3 is 2.96 bits per heavy atom. The summed E-state index contributed by atoms with van der Waals surface area (Å²) in [6, 6.07) is 11.0. The zero-order valence-electron chi connectivity index (χ0n) is 12.8. The number of benzene rings is 2. The second-order valence-electron chi connectivity index (χ2n) is 5.96. The van der Waals surface area contributed by atoms with Crippen molar-refractivity contribution >= 4 is 22.6 Å². The summed E-state index contributed by atoms with van der Waals surface area (Å²) in [6.45, 7) is 4.65. The minimum Gasteiger partial charge on any atom is -0.326 e. The first-order valence-corrected chi connectivity index (χ1v) is 8.16. The highest BCUT2D eigenvalue weighted by atomic mass is 35.5. The van der Waals surface area contributed by atoms with E-state index >= 15 is 0 Å². The van der Waals surface area contributed by atoms with Gasteiger partial charge in [0.05, 0.1) is 17.6 Å². The number of para-hydroxylation sites is 1. The molecule has 0 bridgehead atoms. The van der Waals surface area contributed by atoms with Gasteiger partial charge in [-0.3, -0.25) is 0 Å². The normalized spacial score (nSPS) is 15.6. The summed E-state index contributed by atoms with van der Waals surface area (Å²) in [6.07, 6.45) is 0. The Kier molecular flexibility index (Phi) is 3.58. The van der Waals surface area contributed by atoms with Crippen molar-refractivity contribution in [3.8, 4) is 0 Å². The summed E-state index contributed by atoms with van der Waals surface area (Å²) in [5.74, 6) is 0.691. The first-order valence-electron chi connectivity index (χ1n) is 7.79. The standard InChI is InChI=1S/C18H17ClFN3/c1-11(13-6-5-12(19)9-15(13)20)14-3-2-4-16-18(14)22-17-10-21-7-8-23(16)17/h2-6,9,11,21H,7-8,10H2,1H3. The molecular weight excluding hydrogens is 313 g/mol. The molecule has 0 amide bonds. The Morgan fingerprint density at radius 1 is 1.26 bits per heavy atom. The maximum atomic E-state index is 14.3. The molecule has 1 unspecified atom stereocenters. The van der Waals surface area contributed by atoms with E-state index in [9.17, 15) is 4.39 Å². The third-order valence-corrected chi connectivity index (χ3v) is 4.82. The summed E-state index contributed by atoms with van der Waals surface area (Å²) in [5, 5.41) is 3.76. The van der Waals surface area contributed by atoms with E-state index in [1.54, 1.807) is 12.1 Å². The zero-order chi connectivity index (χ0) is 16.0. The summed E-state index contributed by atoms with van der Waals surface area (Å²) in [7, 11) is 0. The fourth-order valence-corrected chi connectivity index (χ4v) is 3.52. The molecule has 0 fully saturated rings. The molecular formula is C18H17ClFN3. The number of fused-ring (bicyclic) bond motifs is 3. The number of rotatable bonds is 2. The monoisotopic (exact) mass is 329 g/mol. The van der Waals surface area contributed by atoms with E-state index < -0.39 is 0 Å². The van der Waals surface area contributed by atoms with Crippen LogP contribution in [0.3, 0.4) is 0 Å². The highest BCUT2D eigenvalue weighted by Gasteiger charge is 2.21. The molecule has 0 spiro atoms. The Hall–Kier alpha value is -1.91. The van der Waals surface area contributed by atoms with E-state index in [4.69, 9.17) is 16.6 Å². The van der Waals surface area contributed by atoms with Crippen molar-refractivity contribution in [2.75, 3.05) is 6.54 Å². The Balaban J connectivity index is 1.86. The minimum absolute atomic E-state index is 0.0825. The summed E-state index contributed by atoms with van der Waals surface area (Å²) < 4.78 is 16.5. The maximum absolute atomic E-state index is 14.3. The van der Waals surface area contributed by atoms with Crippen molar-refractivity contribution in [1.82, 2.24) is 14.9 Å². The number of imidazole rings is 1. The molecule has 1 aromatic heterocycles.